The van der Waals surface area contributed by atoms with Gasteiger partial charge in [0.2, 0.25) is 0 Å². The Balaban J connectivity index is 1.67. The van der Waals surface area contributed by atoms with Crippen LogP contribution in [0, 0.1) is 23.7 Å². The molecule has 0 bridgehead atoms. The summed E-state index contributed by atoms with van der Waals surface area (Å²) in [4.78, 5) is 5.37. The maximum Gasteiger partial charge on any atom is 0.0117 e. The molecule has 2 rings (SSSR count). The van der Waals surface area contributed by atoms with Crippen molar-refractivity contribution in [2.24, 2.45) is 23.7 Å². The Bertz CT molecular complexity index is 297. The van der Waals surface area contributed by atoms with E-state index in [0.29, 0.717) is 0 Å². The molecule has 1 saturated heterocycles. The fourth-order valence-corrected chi connectivity index (χ4v) is 4.65. The van der Waals surface area contributed by atoms with Gasteiger partial charge in [0.1, 0.15) is 0 Å². The summed E-state index contributed by atoms with van der Waals surface area (Å²) in [5.41, 5.74) is 0. The van der Waals surface area contributed by atoms with Gasteiger partial charge in [-0.2, -0.15) is 0 Å². The molecule has 0 unspecified atom stereocenters. The molecule has 2 heteroatoms. The van der Waals surface area contributed by atoms with Crippen LogP contribution in [-0.2, 0) is 0 Å². The molecule has 130 valence electrons. The van der Waals surface area contributed by atoms with Gasteiger partial charge >= 0.3 is 0 Å². The van der Waals surface area contributed by atoms with Gasteiger partial charge in [0, 0.05) is 19.1 Å². The highest BCUT2D eigenvalue weighted by Gasteiger charge is 2.27. The third-order valence-electron chi connectivity index (χ3n) is 6.18. The summed E-state index contributed by atoms with van der Waals surface area (Å²) >= 11 is 0. The Hall–Kier alpha value is -0.0800. The summed E-state index contributed by atoms with van der Waals surface area (Å²) in [7, 11) is 2.39. The van der Waals surface area contributed by atoms with Gasteiger partial charge in [0.05, 0.1) is 0 Å². The second-order valence-electron chi connectivity index (χ2n) is 8.89. The molecule has 0 aromatic heterocycles. The average Bonchev–Trinajstić information content (AvgIpc) is 2.48. The molecule has 22 heavy (non-hydrogen) atoms. The standard InChI is InChI=1S/C20H40N2/c1-16(2)14-22-12-10-20(11-13-22)21(5)15-18-6-8-19(9-7-18)17(3)4/h16-20H,6-15H2,1-5H3. The normalized spacial score (nSPS) is 28.9. The maximum absolute atomic E-state index is 2.70. The number of hydrogen-bond donors (Lipinski definition) is 0. The lowest BCUT2D eigenvalue weighted by Crippen LogP contribution is -2.45. The summed E-state index contributed by atoms with van der Waals surface area (Å²) in [5.74, 6) is 3.67. The summed E-state index contributed by atoms with van der Waals surface area (Å²) in [6, 6.07) is 0.839. The van der Waals surface area contributed by atoms with E-state index in [4.69, 9.17) is 0 Å². The number of likely N-dealkylation sites (tertiary alicyclic amines) is 1. The predicted octanol–water partition coefficient (Wildman–Crippen LogP) is 4.50. The Morgan fingerprint density at radius 1 is 0.909 bits per heavy atom. The van der Waals surface area contributed by atoms with Gasteiger partial charge in [-0.1, -0.05) is 27.7 Å². The molecule has 2 aliphatic rings. The van der Waals surface area contributed by atoms with Crippen LogP contribution < -0.4 is 0 Å². The van der Waals surface area contributed by atoms with E-state index in [1.807, 2.05) is 0 Å². The van der Waals surface area contributed by atoms with E-state index >= 15 is 0 Å². The zero-order valence-corrected chi connectivity index (χ0v) is 15.9. The molecule has 0 radical (unpaired) electrons. The quantitative estimate of drug-likeness (QED) is 0.713. The molecular formula is C20H40N2. The second kappa shape index (κ2) is 8.68. The van der Waals surface area contributed by atoms with Crippen LogP contribution >= 0.6 is 0 Å². The highest BCUT2D eigenvalue weighted by Crippen LogP contribution is 2.34. The molecule has 2 nitrogen and oxygen atoms in total. The third kappa shape index (κ3) is 5.53. The monoisotopic (exact) mass is 308 g/mol. The van der Waals surface area contributed by atoms with Gasteiger partial charge in [0.25, 0.3) is 0 Å². The SMILES string of the molecule is CC(C)CN1CCC(N(C)CC2CCC(C(C)C)CC2)CC1. The molecule has 0 aromatic carbocycles. The molecule has 0 spiro atoms. The largest absolute Gasteiger partial charge is 0.303 e. The first kappa shape index (κ1) is 18.3. The first-order chi connectivity index (χ1) is 10.5. The lowest BCUT2D eigenvalue weighted by molar-refractivity contribution is 0.0955. The van der Waals surface area contributed by atoms with Gasteiger partial charge in [-0.15, -0.1) is 0 Å². The van der Waals surface area contributed by atoms with Crippen molar-refractivity contribution in [2.45, 2.75) is 72.3 Å². The van der Waals surface area contributed by atoms with Crippen molar-refractivity contribution in [1.29, 1.82) is 0 Å². The zero-order valence-electron chi connectivity index (χ0n) is 15.9. The zero-order chi connectivity index (χ0) is 16.1. The Morgan fingerprint density at radius 3 is 2.00 bits per heavy atom. The minimum Gasteiger partial charge on any atom is -0.303 e. The molecule has 0 N–H and O–H groups in total. The summed E-state index contributed by atoms with van der Waals surface area (Å²) in [6.07, 6.45) is 8.65. The van der Waals surface area contributed by atoms with Crippen LogP contribution in [0.1, 0.15) is 66.2 Å². The van der Waals surface area contributed by atoms with Crippen LogP contribution in [-0.4, -0.2) is 49.1 Å². The predicted molar refractivity (Wildman–Crippen MR) is 97.2 cm³/mol. The molecule has 1 aliphatic heterocycles. The molecule has 0 atom stereocenters. The van der Waals surface area contributed by atoms with Crippen LogP contribution in [0.3, 0.4) is 0 Å². The molecule has 2 fully saturated rings. The number of hydrogen-bond acceptors (Lipinski definition) is 2. The lowest BCUT2D eigenvalue weighted by atomic mass is 9.77. The Morgan fingerprint density at radius 2 is 1.50 bits per heavy atom. The van der Waals surface area contributed by atoms with Crippen molar-refractivity contribution in [3.05, 3.63) is 0 Å². The van der Waals surface area contributed by atoms with Gasteiger partial charge in [-0.05, 0) is 82.3 Å². The minimum absolute atomic E-state index is 0.811. The highest BCUT2D eigenvalue weighted by molar-refractivity contribution is 4.82. The van der Waals surface area contributed by atoms with Gasteiger partial charge in [-0.3, -0.25) is 0 Å². The van der Waals surface area contributed by atoms with E-state index in [-0.39, 0.29) is 0 Å². The molecule has 1 heterocycles. The Labute approximate surface area is 139 Å². The second-order valence-corrected chi connectivity index (χ2v) is 8.89. The maximum atomic E-state index is 2.70. The number of piperidine rings is 1. The molecule has 1 saturated carbocycles. The van der Waals surface area contributed by atoms with Crippen molar-refractivity contribution >= 4 is 0 Å². The fraction of sp³-hybridized carbons (Fsp3) is 1.00. The van der Waals surface area contributed by atoms with E-state index < -0.39 is 0 Å². The fourth-order valence-electron chi connectivity index (χ4n) is 4.65. The summed E-state index contributed by atoms with van der Waals surface area (Å²) in [6.45, 7) is 14.7. The molecule has 0 aromatic rings. The van der Waals surface area contributed by atoms with E-state index in [1.165, 1.54) is 64.7 Å². The number of rotatable bonds is 6. The minimum atomic E-state index is 0.811. The van der Waals surface area contributed by atoms with Gasteiger partial charge < -0.3 is 9.80 Å². The lowest BCUT2D eigenvalue weighted by Gasteiger charge is -2.40. The summed E-state index contributed by atoms with van der Waals surface area (Å²) in [5, 5.41) is 0. The van der Waals surface area contributed by atoms with Crippen molar-refractivity contribution < 1.29 is 0 Å². The summed E-state index contributed by atoms with van der Waals surface area (Å²) < 4.78 is 0. The third-order valence-corrected chi connectivity index (χ3v) is 6.18. The van der Waals surface area contributed by atoms with Crippen LogP contribution in [0.15, 0.2) is 0 Å². The van der Waals surface area contributed by atoms with Gasteiger partial charge in [0.15, 0.2) is 0 Å². The molecule has 1 aliphatic carbocycles. The van der Waals surface area contributed by atoms with Crippen molar-refractivity contribution in [1.82, 2.24) is 9.80 Å². The van der Waals surface area contributed by atoms with Crippen LogP contribution in [0.25, 0.3) is 0 Å². The van der Waals surface area contributed by atoms with E-state index in [2.05, 4.69) is 44.5 Å². The van der Waals surface area contributed by atoms with Crippen molar-refractivity contribution in [3.63, 3.8) is 0 Å². The Kier molecular flexibility index (Phi) is 7.21. The van der Waals surface area contributed by atoms with Crippen LogP contribution in [0.5, 0.6) is 0 Å². The van der Waals surface area contributed by atoms with Gasteiger partial charge in [-0.25, -0.2) is 0 Å². The van der Waals surface area contributed by atoms with Crippen LogP contribution in [0.2, 0.25) is 0 Å². The van der Waals surface area contributed by atoms with Crippen molar-refractivity contribution in [3.8, 4) is 0 Å². The highest BCUT2D eigenvalue weighted by atomic mass is 15.2. The number of nitrogens with zero attached hydrogens (tertiary/aromatic N) is 2. The van der Waals surface area contributed by atoms with E-state index in [0.717, 1.165) is 29.7 Å². The van der Waals surface area contributed by atoms with Crippen molar-refractivity contribution in [2.75, 3.05) is 33.2 Å². The first-order valence-corrected chi connectivity index (χ1v) is 9.88. The first-order valence-electron chi connectivity index (χ1n) is 9.88. The topological polar surface area (TPSA) is 6.48 Å². The van der Waals surface area contributed by atoms with E-state index in [1.54, 1.807) is 0 Å². The smallest absolute Gasteiger partial charge is 0.0117 e. The van der Waals surface area contributed by atoms with Crippen LogP contribution in [0.4, 0.5) is 0 Å². The molecular weight excluding hydrogens is 268 g/mol. The average molecular weight is 309 g/mol. The van der Waals surface area contributed by atoms with E-state index in [9.17, 15) is 0 Å². The molecule has 0 amide bonds.